The number of aryl methyl sites for hydroxylation is 2. The summed E-state index contributed by atoms with van der Waals surface area (Å²) in [5.74, 6) is 4.85. The average molecular weight is 1720 g/mol. The zero-order valence-corrected chi connectivity index (χ0v) is 67.6. The molecule has 7 heterocycles. The van der Waals surface area contributed by atoms with Crippen molar-refractivity contribution in [1.82, 2.24) is 65.2 Å². The Balaban J connectivity index is 0.000000224. The minimum Gasteiger partial charge on any atom is -0.354 e. The Hall–Kier alpha value is -7.69. The molecule has 6 aromatic heterocycles. The zero-order valence-electron chi connectivity index (χ0n) is 58.3. The Kier molecular flexibility index (Phi) is 34.4. The Labute approximate surface area is 697 Å². The first kappa shape index (κ1) is 89.5. The second-order valence-electron chi connectivity index (χ2n) is 25.0. The number of benzene rings is 4. The van der Waals surface area contributed by atoms with Gasteiger partial charge < -0.3 is 41.7 Å². The first-order valence-electron chi connectivity index (χ1n) is 33.2. The molecular formula is C72H81BCl5N20O6S5V. The third-order valence-corrected chi connectivity index (χ3v) is 20.4. The van der Waals surface area contributed by atoms with Crippen LogP contribution in [0.1, 0.15) is 79.0 Å². The fourth-order valence-electron chi connectivity index (χ4n) is 9.45. The molecule has 10 aromatic rings. The van der Waals surface area contributed by atoms with Crippen LogP contribution in [0.3, 0.4) is 0 Å². The topological polar surface area (TPSA) is 342 Å². The molecule has 8 N–H and O–H groups in total. The number of thiol groups is 1. The van der Waals surface area contributed by atoms with Crippen LogP contribution in [0.5, 0.6) is 0 Å². The molecule has 4 amide bonds. The van der Waals surface area contributed by atoms with Gasteiger partial charge in [-0.05, 0) is 205 Å². The minimum atomic E-state index is -3.44. The maximum atomic E-state index is 12.0. The molecule has 0 atom stereocenters. The molecule has 0 unspecified atom stereocenters. The maximum Gasteiger partial charge on any atom is 0.249 e. The molecule has 5 fully saturated rings. The van der Waals surface area contributed by atoms with Crippen molar-refractivity contribution in [2.45, 2.75) is 120 Å². The predicted molar refractivity (Wildman–Crippen MR) is 441 cm³/mol. The number of aromatic nitrogens is 12. The Morgan fingerprint density at radius 2 is 0.764 bits per heavy atom. The van der Waals surface area contributed by atoms with Gasteiger partial charge in [-0.2, -0.15) is 10.2 Å². The van der Waals surface area contributed by atoms with E-state index in [-0.39, 0.29) is 106 Å². The fourth-order valence-corrected chi connectivity index (χ4v) is 13.7. The molecule has 4 radical (unpaired) electrons. The number of aromatic amines is 2. The number of sulfone groups is 1. The van der Waals surface area contributed by atoms with Crippen LogP contribution >= 0.6 is 106 Å². The third-order valence-electron chi connectivity index (χ3n) is 15.7. The fraction of sp³-hybridized carbons (Fsp3) is 0.306. The molecule has 1 aliphatic heterocycles. The number of hydrogen-bond donors (Lipinski definition) is 9. The van der Waals surface area contributed by atoms with Gasteiger partial charge in [0.05, 0.1) is 0 Å². The Morgan fingerprint density at radius 1 is 0.455 bits per heavy atom. The van der Waals surface area contributed by atoms with E-state index in [0.29, 0.717) is 48.4 Å². The van der Waals surface area contributed by atoms with E-state index in [9.17, 15) is 27.6 Å². The van der Waals surface area contributed by atoms with Gasteiger partial charge in [0.2, 0.25) is 38.6 Å². The van der Waals surface area contributed by atoms with Crippen LogP contribution in [0.4, 0.5) is 51.8 Å². The van der Waals surface area contributed by atoms with Crippen LogP contribution in [0, 0.1) is 37.5 Å². The van der Waals surface area contributed by atoms with E-state index in [1.54, 1.807) is 6.07 Å². The van der Waals surface area contributed by atoms with Crippen LogP contribution in [0.2, 0.25) is 25.8 Å². The largest absolute Gasteiger partial charge is 0.354 e. The molecule has 0 spiro atoms. The van der Waals surface area contributed by atoms with Gasteiger partial charge in [0.15, 0.2) is 27.1 Å². The number of halogens is 5. The Morgan fingerprint density at radius 3 is 1.09 bits per heavy atom. The van der Waals surface area contributed by atoms with Crippen molar-refractivity contribution in [2.75, 3.05) is 76.3 Å². The molecule has 0 bridgehead atoms. The van der Waals surface area contributed by atoms with E-state index in [0.717, 1.165) is 149 Å². The number of likely N-dealkylation sites (N-methyl/N-ethyl adjacent to an activating group) is 1. The van der Waals surface area contributed by atoms with Crippen molar-refractivity contribution in [2.24, 2.45) is 23.7 Å². The number of amides is 4. The minimum absolute atomic E-state index is 0. The molecule has 26 nitrogen and oxygen atoms in total. The summed E-state index contributed by atoms with van der Waals surface area (Å²) in [4.78, 5) is 88.7. The molecule has 38 heteroatoms. The van der Waals surface area contributed by atoms with Crippen molar-refractivity contribution >= 4 is 200 Å². The molecule has 110 heavy (non-hydrogen) atoms. The van der Waals surface area contributed by atoms with E-state index < -0.39 is 9.84 Å². The molecule has 4 saturated carbocycles. The quantitative estimate of drug-likeness (QED) is 0.0148. The maximum absolute atomic E-state index is 12.0. The van der Waals surface area contributed by atoms with E-state index in [1.807, 2.05) is 129 Å². The molecule has 4 aliphatic carbocycles. The molecule has 5 aliphatic rings. The van der Waals surface area contributed by atoms with Gasteiger partial charge in [0.1, 0.15) is 43.2 Å². The summed E-state index contributed by atoms with van der Waals surface area (Å²) in [5, 5.41) is 34.5. The third kappa shape index (κ3) is 29.8. The van der Waals surface area contributed by atoms with Crippen LogP contribution < -0.4 is 36.8 Å². The van der Waals surface area contributed by atoms with Gasteiger partial charge in [0, 0.05) is 175 Å². The summed E-state index contributed by atoms with van der Waals surface area (Å²) in [5.41, 5.74) is 5.19. The van der Waals surface area contributed by atoms with Crippen LogP contribution in [0.25, 0.3) is 0 Å². The van der Waals surface area contributed by atoms with E-state index in [4.69, 9.17) is 68.0 Å². The summed E-state index contributed by atoms with van der Waals surface area (Å²) in [6, 6.07) is 40.6. The summed E-state index contributed by atoms with van der Waals surface area (Å²) < 4.78 is 21.8. The Bertz CT molecular complexity index is 4830. The van der Waals surface area contributed by atoms with Gasteiger partial charge in [0.25, 0.3) is 0 Å². The number of carbonyl (C=O) groups excluding carboxylic acids is 4. The van der Waals surface area contributed by atoms with Crippen molar-refractivity contribution < 1.29 is 47.6 Å². The first-order valence-corrected chi connectivity index (χ1v) is 39.9. The van der Waals surface area contributed by atoms with Crippen LogP contribution in [-0.4, -0.2) is 145 Å². The number of nitrogens with zero attached hydrogens (tertiary/aromatic N) is 12. The average Bonchev–Trinajstić information content (AvgIpc) is 1.76. The first-order chi connectivity index (χ1) is 50.8. The van der Waals surface area contributed by atoms with Crippen molar-refractivity contribution in [3.8, 4) is 0 Å². The molecule has 578 valence electrons. The van der Waals surface area contributed by atoms with Crippen molar-refractivity contribution in [3.63, 3.8) is 0 Å². The summed E-state index contributed by atoms with van der Waals surface area (Å²) in [6.07, 6.45) is 9.01. The van der Waals surface area contributed by atoms with Gasteiger partial charge in [-0.3, -0.25) is 29.4 Å². The van der Waals surface area contributed by atoms with Gasteiger partial charge in [-0.15, -0.1) is 12.6 Å². The monoisotopic (exact) mass is 1720 g/mol. The number of piperazine rings is 1. The molecular weight excluding hydrogens is 1640 g/mol. The van der Waals surface area contributed by atoms with E-state index in [1.165, 1.54) is 47.4 Å². The number of anilines is 9. The second kappa shape index (κ2) is 42.3. The number of rotatable bonds is 20. The van der Waals surface area contributed by atoms with Gasteiger partial charge in [-0.1, -0.05) is 72.9 Å². The number of H-pyrrole nitrogens is 2. The zero-order chi connectivity index (χ0) is 75.0. The predicted octanol–water partition coefficient (Wildman–Crippen LogP) is 16.8. The SMILES string of the molecule is C.C.CS(=O)(=O)c1nc(Cl)cc(Cl)n1.Cc1cc(Nc2cc(Cl)nc(Sc3ccc(NC(=O)C4CC4)cc3)n2)n[nH]1.Cc1cc(Nc2cc(N3CCN(C)CC3)nc(Sc3ccc(NC(=O)C4CC4)cc3)n2)n[nH]1.O=C(Nc1ccc(S)cc1)C1CC1.O=C(Nc1ccc(Sc2nc(Cl)cc(Cl)n2)cc1)C1CC1.[2HH].[B].[V]. The second-order valence-corrected chi connectivity index (χ2v) is 32.5. The van der Waals surface area contributed by atoms with Gasteiger partial charge >= 0.3 is 0 Å². The van der Waals surface area contributed by atoms with Crippen molar-refractivity contribution in [3.05, 3.63) is 171 Å². The van der Waals surface area contributed by atoms with E-state index in [2.05, 4.69) is 112 Å². The normalized spacial score (nSPS) is 14.0. The molecule has 1 saturated heterocycles. The number of carbonyl (C=O) groups is 4. The smallest absolute Gasteiger partial charge is 0.249 e. The molecule has 15 rings (SSSR count). The standard InChI is InChI=1S/C23H28N8OS.C18H17ClN6OS.C14H11Cl2N3OS.C10H11NOS.C5H4Cl2N2O2S.2CH4.B.V.H2/c1-15-13-20(29-28-15)25-19-14-21(31-11-9-30(2)10-12-31)27-23(26-19)33-18-7-5-17(6-8-18)24-22(32)16-3-4-16;1-10-8-16(25-24-10)22-15-9-14(19)21-18(23-15)27-13-6-4-12(5-7-13)20-17(26)11-2-3-11;15-11-7-12(16)19-14(18-11)21-10-5-3-9(4-6-10)17-13(20)8-1-2-8;12-10(7-1-2-7)11-8-3-5-9(13)6-4-8;1-12(10,11)5-8-3(6)2-4(7)9-5;;;;;/h5-8,13-14,16H,3-4,9-12H2,1-2H3,(H,24,32)(H2,25,26,27,28,29);4-9,11H,2-3H2,1H3,(H,20,26)(H2,21,22,23,24,25);3-8H,1-2H2,(H,17,20);3-7,13H,1-2H2,(H,11,12);2H,1H3;2*1H4;;;1H/i;;;;;;;;;1+1. The van der Waals surface area contributed by atoms with Crippen LogP contribution in [0.15, 0.2) is 174 Å². The van der Waals surface area contributed by atoms with Crippen molar-refractivity contribution in [1.29, 1.82) is 0 Å². The van der Waals surface area contributed by atoms with Gasteiger partial charge in [-0.25, -0.2) is 48.3 Å². The number of hydrogen-bond acceptors (Lipinski definition) is 24. The molecule has 4 aromatic carbocycles. The van der Waals surface area contributed by atoms with E-state index >= 15 is 0 Å². The number of nitrogens with one attached hydrogen (secondary N) is 8. The summed E-state index contributed by atoms with van der Waals surface area (Å²) >= 11 is 37.1. The summed E-state index contributed by atoms with van der Waals surface area (Å²) in [6.45, 7) is 7.74. The van der Waals surface area contributed by atoms with Crippen LogP contribution in [-0.2, 0) is 47.6 Å². The summed E-state index contributed by atoms with van der Waals surface area (Å²) in [7, 11) is -1.30.